The molecule has 0 aromatic carbocycles. The number of fused-ring (bicyclic) bond motifs is 2. The van der Waals surface area contributed by atoms with E-state index < -0.39 is 32.5 Å². The van der Waals surface area contributed by atoms with E-state index >= 15 is 0 Å². The van der Waals surface area contributed by atoms with Gasteiger partial charge >= 0.3 is 6.18 Å². The molecule has 0 aliphatic carbocycles. The molecule has 1 N–H and O–H groups in total. The van der Waals surface area contributed by atoms with Crippen molar-refractivity contribution in [3.05, 3.63) is 35.8 Å². The number of carbonyl (C=O) groups is 1. The van der Waals surface area contributed by atoms with Gasteiger partial charge < -0.3 is 9.88 Å². The molecule has 0 bridgehead atoms. The van der Waals surface area contributed by atoms with Gasteiger partial charge in [-0.3, -0.25) is 4.79 Å². The van der Waals surface area contributed by atoms with Crippen LogP contribution in [0.1, 0.15) is 23.0 Å². The predicted octanol–water partition coefficient (Wildman–Crippen LogP) is 1.85. The molecule has 0 atom stereocenters. The van der Waals surface area contributed by atoms with Crippen LogP contribution in [0.4, 0.5) is 13.2 Å². The summed E-state index contributed by atoms with van der Waals surface area (Å²) in [6.07, 6.45) is -2.64. The molecule has 4 heterocycles. The Morgan fingerprint density at radius 3 is 2.56 bits per heavy atom. The highest BCUT2D eigenvalue weighted by Crippen LogP contribution is 2.34. The summed E-state index contributed by atoms with van der Waals surface area (Å²) in [5.41, 5.74) is -0.976. The van der Waals surface area contributed by atoms with E-state index in [1.54, 1.807) is 0 Å². The number of hydrogen-bond donors (Lipinski definition) is 1. The molecule has 4 aromatic heterocycles. The summed E-state index contributed by atoms with van der Waals surface area (Å²) in [6, 6.07) is 2.19. The summed E-state index contributed by atoms with van der Waals surface area (Å²) < 4.78 is 67.4. The number of imidazole rings is 1. The summed E-state index contributed by atoms with van der Waals surface area (Å²) in [6.45, 7) is 1.42. The maximum Gasteiger partial charge on any atom is 0.417 e. The van der Waals surface area contributed by atoms with E-state index in [0.717, 1.165) is 10.6 Å². The Hall–Kier alpha value is -3.55. The van der Waals surface area contributed by atoms with Crippen molar-refractivity contribution in [3.63, 3.8) is 0 Å². The molecule has 14 heteroatoms. The van der Waals surface area contributed by atoms with Gasteiger partial charge in [-0.05, 0) is 12.1 Å². The van der Waals surface area contributed by atoms with Crippen molar-refractivity contribution < 1.29 is 26.4 Å². The van der Waals surface area contributed by atoms with Crippen LogP contribution in [0.25, 0.3) is 28.2 Å². The van der Waals surface area contributed by atoms with Gasteiger partial charge in [0, 0.05) is 26.5 Å². The Balaban J connectivity index is 2.10. The van der Waals surface area contributed by atoms with E-state index in [2.05, 4.69) is 25.4 Å². The molecule has 0 saturated carbocycles. The molecule has 0 spiro atoms. The number of amides is 1. The molecular formula is C18H16F3N7O3S. The maximum absolute atomic E-state index is 13.1. The number of nitrogens with zero attached hydrogens (tertiary/aromatic N) is 6. The first kappa shape index (κ1) is 21.7. The van der Waals surface area contributed by atoms with Gasteiger partial charge in [-0.15, -0.1) is 0 Å². The summed E-state index contributed by atoms with van der Waals surface area (Å²) in [5, 5.41) is 6.16. The molecule has 0 aliphatic rings. The van der Waals surface area contributed by atoms with Gasteiger partial charge in [0.25, 0.3) is 5.91 Å². The summed E-state index contributed by atoms with van der Waals surface area (Å²) >= 11 is 0. The number of rotatable bonds is 4. The number of hydrogen-bond acceptors (Lipinski definition) is 7. The fraction of sp³-hybridized carbons (Fsp3) is 0.278. The molecular weight excluding hydrogens is 451 g/mol. The van der Waals surface area contributed by atoms with Crippen LogP contribution in [0.5, 0.6) is 0 Å². The number of carbonyl (C=O) groups excluding carboxylic acids is 1. The van der Waals surface area contributed by atoms with Crippen molar-refractivity contribution in [2.24, 2.45) is 7.05 Å². The quantitative estimate of drug-likeness (QED) is 0.486. The van der Waals surface area contributed by atoms with Gasteiger partial charge in [0.05, 0.1) is 11.3 Å². The number of aryl methyl sites for hydroxylation is 1. The fourth-order valence-corrected chi connectivity index (χ4v) is 4.20. The van der Waals surface area contributed by atoms with E-state index in [1.807, 2.05) is 0 Å². The molecule has 32 heavy (non-hydrogen) atoms. The van der Waals surface area contributed by atoms with E-state index in [0.29, 0.717) is 6.20 Å². The summed E-state index contributed by atoms with van der Waals surface area (Å²) in [7, 11) is -1.04. The minimum atomic E-state index is -4.62. The van der Waals surface area contributed by atoms with Gasteiger partial charge in [0.15, 0.2) is 26.2 Å². The molecule has 0 aliphatic heterocycles. The second-order valence-electron chi connectivity index (χ2n) is 6.79. The maximum atomic E-state index is 13.1. The lowest BCUT2D eigenvalue weighted by Crippen LogP contribution is -2.21. The van der Waals surface area contributed by atoms with Crippen LogP contribution < -0.4 is 5.32 Å². The molecule has 0 saturated heterocycles. The average molecular weight is 467 g/mol. The van der Waals surface area contributed by atoms with Crippen molar-refractivity contribution >= 4 is 32.6 Å². The minimum Gasteiger partial charge on any atom is -0.354 e. The molecule has 168 valence electrons. The van der Waals surface area contributed by atoms with Gasteiger partial charge in [-0.2, -0.15) is 18.3 Å². The standard InChI is InChI=1S/C18H16F3N7O3S/c1-4-32(30,31)17-12(14-23-6-5-11(16(29)22-2)28(14)26-17)15-25-10-7-9(18(19,20)21)8-24-13(10)27(15)3/h5-8H,4H2,1-3H3,(H,22,29). The van der Waals surface area contributed by atoms with Crippen molar-refractivity contribution in [3.8, 4) is 11.4 Å². The molecule has 0 unspecified atom stereocenters. The Bertz CT molecular complexity index is 1490. The third kappa shape index (κ3) is 3.26. The van der Waals surface area contributed by atoms with E-state index in [9.17, 15) is 26.4 Å². The zero-order valence-electron chi connectivity index (χ0n) is 17.0. The highest BCUT2D eigenvalue weighted by atomic mass is 32.2. The average Bonchev–Trinajstić information content (AvgIpc) is 3.30. The monoisotopic (exact) mass is 467 g/mol. The predicted molar refractivity (Wildman–Crippen MR) is 107 cm³/mol. The lowest BCUT2D eigenvalue weighted by atomic mass is 10.2. The molecule has 0 radical (unpaired) electrons. The number of aromatic nitrogens is 6. The Kier molecular flexibility index (Phi) is 4.91. The smallest absolute Gasteiger partial charge is 0.354 e. The number of alkyl halides is 3. The Morgan fingerprint density at radius 1 is 1.22 bits per heavy atom. The number of halogens is 3. The van der Waals surface area contributed by atoms with Crippen LogP contribution >= 0.6 is 0 Å². The van der Waals surface area contributed by atoms with E-state index in [-0.39, 0.29) is 39.6 Å². The van der Waals surface area contributed by atoms with E-state index in [1.165, 1.54) is 37.8 Å². The number of nitrogens with one attached hydrogen (secondary N) is 1. The Morgan fingerprint density at radius 2 is 1.94 bits per heavy atom. The van der Waals surface area contributed by atoms with Crippen LogP contribution in [0.2, 0.25) is 0 Å². The van der Waals surface area contributed by atoms with Crippen molar-refractivity contribution in [2.45, 2.75) is 18.1 Å². The molecule has 4 rings (SSSR count). The number of sulfone groups is 1. The van der Waals surface area contributed by atoms with Gasteiger partial charge in [0.2, 0.25) is 0 Å². The molecule has 1 amide bonds. The van der Waals surface area contributed by atoms with Crippen LogP contribution in [0, 0.1) is 0 Å². The highest BCUT2D eigenvalue weighted by molar-refractivity contribution is 7.91. The van der Waals surface area contributed by atoms with Crippen LogP contribution in [-0.2, 0) is 23.1 Å². The summed E-state index contributed by atoms with van der Waals surface area (Å²) in [4.78, 5) is 24.5. The minimum absolute atomic E-state index is 0.00425. The summed E-state index contributed by atoms with van der Waals surface area (Å²) in [5.74, 6) is -0.844. The van der Waals surface area contributed by atoms with Crippen LogP contribution in [-0.4, -0.2) is 56.3 Å². The van der Waals surface area contributed by atoms with Crippen molar-refractivity contribution in [1.82, 2.24) is 34.4 Å². The first-order chi connectivity index (χ1) is 15.0. The van der Waals surface area contributed by atoms with Gasteiger partial charge in [-0.25, -0.2) is 27.9 Å². The van der Waals surface area contributed by atoms with Gasteiger partial charge in [0.1, 0.15) is 22.6 Å². The first-order valence-corrected chi connectivity index (χ1v) is 10.9. The third-order valence-electron chi connectivity index (χ3n) is 4.88. The second kappa shape index (κ2) is 7.25. The van der Waals surface area contributed by atoms with E-state index in [4.69, 9.17) is 0 Å². The van der Waals surface area contributed by atoms with Crippen molar-refractivity contribution in [1.29, 1.82) is 0 Å². The molecule has 4 aromatic rings. The van der Waals surface area contributed by atoms with Crippen LogP contribution in [0.3, 0.4) is 0 Å². The zero-order valence-corrected chi connectivity index (χ0v) is 17.8. The highest BCUT2D eigenvalue weighted by Gasteiger charge is 2.33. The molecule has 10 nitrogen and oxygen atoms in total. The SMILES string of the molecule is CCS(=O)(=O)c1nn2c(C(=O)NC)ccnc2c1-c1nc2cc(C(F)(F)F)cnc2n1C. The topological polar surface area (TPSA) is 124 Å². The Labute approximate surface area is 179 Å². The van der Waals surface area contributed by atoms with Crippen LogP contribution in [0.15, 0.2) is 29.6 Å². The first-order valence-electron chi connectivity index (χ1n) is 9.22. The number of pyridine rings is 1. The third-order valence-corrected chi connectivity index (χ3v) is 6.52. The lowest BCUT2D eigenvalue weighted by Gasteiger charge is -2.05. The zero-order chi connectivity index (χ0) is 23.4. The second-order valence-corrected chi connectivity index (χ2v) is 8.98. The van der Waals surface area contributed by atoms with Crippen molar-refractivity contribution in [2.75, 3.05) is 12.8 Å². The van der Waals surface area contributed by atoms with Gasteiger partial charge in [-0.1, -0.05) is 6.92 Å². The lowest BCUT2D eigenvalue weighted by molar-refractivity contribution is -0.137. The largest absolute Gasteiger partial charge is 0.417 e. The normalized spacial score (nSPS) is 12.6. The molecule has 0 fully saturated rings. The fourth-order valence-electron chi connectivity index (χ4n) is 3.23.